The number of fused-ring (bicyclic) bond motifs is 1. The van der Waals surface area contributed by atoms with Crippen LogP contribution in [0, 0.1) is 6.92 Å². The van der Waals surface area contributed by atoms with Gasteiger partial charge < -0.3 is 5.73 Å². The van der Waals surface area contributed by atoms with E-state index in [1.807, 2.05) is 0 Å². The van der Waals surface area contributed by atoms with Crippen LogP contribution in [0.15, 0.2) is 18.2 Å². The number of nitrogens with zero attached hydrogens (tertiary/aromatic N) is 1. The van der Waals surface area contributed by atoms with Gasteiger partial charge >= 0.3 is 0 Å². The van der Waals surface area contributed by atoms with Crippen LogP contribution in [0.5, 0.6) is 0 Å². The van der Waals surface area contributed by atoms with E-state index in [0.29, 0.717) is 6.04 Å². The fourth-order valence-corrected chi connectivity index (χ4v) is 2.26. The lowest BCUT2D eigenvalue weighted by molar-refractivity contribution is 0.220. The summed E-state index contributed by atoms with van der Waals surface area (Å²) in [5.74, 6) is 0. The molecule has 0 bridgehead atoms. The van der Waals surface area contributed by atoms with E-state index >= 15 is 0 Å². The number of likely N-dealkylation sites (N-methyl/N-ethyl adjacent to an activating group) is 1. The highest BCUT2D eigenvalue weighted by molar-refractivity contribution is 5.36. The molecule has 2 N–H and O–H groups in total. The van der Waals surface area contributed by atoms with Gasteiger partial charge in [-0.05, 0) is 37.1 Å². The predicted octanol–water partition coefficient (Wildman–Crippen LogP) is 1.31. The van der Waals surface area contributed by atoms with E-state index in [-0.39, 0.29) is 0 Å². The Bertz CT molecular complexity index is 333. The van der Waals surface area contributed by atoms with E-state index in [1.54, 1.807) is 0 Å². The van der Waals surface area contributed by atoms with Gasteiger partial charge in [0.25, 0.3) is 0 Å². The van der Waals surface area contributed by atoms with Crippen LogP contribution in [-0.4, -0.2) is 24.5 Å². The van der Waals surface area contributed by atoms with Crippen LogP contribution in [0.1, 0.15) is 16.7 Å². The molecule has 1 aromatic carbocycles. The van der Waals surface area contributed by atoms with E-state index in [4.69, 9.17) is 5.73 Å². The standard InChI is InChI=1S/C12H18N2/c1-9-4-3-5-10-8-14(2)11(7-13)6-12(9)10/h3-5,11H,6-8,13H2,1-2H3/t11-/m0/s1. The van der Waals surface area contributed by atoms with Gasteiger partial charge in [0.2, 0.25) is 0 Å². The summed E-state index contributed by atoms with van der Waals surface area (Å²) in [5.41, 5.74) is 10.2. The van der Waals surface area contributed by atoms with E-state index in [0.717, 1.165) is 19.5 Å². The smallest absolute Gasteiger partial charge is 0.0259 e. The second-order valence-electron chi connectivity index (χ2n) is 4.22. The molecular formula is C12H18N2. The zero-order chi connectivity index (χ0) is 10.1. The third-order valence-corrected chi connectivity index (χ3v) is 3.26. The third kappa shape index (κ3) is 1.56. The van der Waals surface area contributed by atoms with Crippen molar-refractivity contribution < 1.29 is 0 Å². The lowest BCUT2D eigenvalue weighted by Crippen LogP contribution is -2.42. The molecule has 1 aromatic rings. The van der Waals surface area contributed by atoms with Gasteiger partial charge in [0.1, 0.15) is 0 Å². The molecule has 0 aliphatic carbocycles. The lowest BCUT2D eigenvalue weighted by atomic mass is 9.91. The quantitative estimate of drug-likeness (QED) is 0.723. The molecule has 1 atom stereocenters. The van der Waals surface area contributed by atoms with E-state index in [9.17, 15) is 0 Å². The van der Waals surface area contributed by atoms with E-state index in [2.05, 4.69) is 37.1 Å². The molecule has 0 saturated carbocycles. The lowest BCUT2D eigenvalue weighted by Gasteiger charge is -2.34. The molecular weight excluding hydrogens is 172 g/mol. The van der Waals surface area contributed by atoms with Gasteiger partial charge in [-0.2, -0.15) is 0 Å². The first-order valence-corrected chi connectivity index (χ1v) is 5.20. The second-order valence-corrected chi connectivity index (χ2v) is 4.22. The molecule has 76 valence electrons. The van der Waals surface area contributed by atoms with Gasteiger partial charge in [0.05, 0.1) is 0 Å². The highest BCUT2D eigenvalue weighted by Gasteiger charge is 2.22. The number of hydrogen-bond acceptors (Lipinski definition) is 2. The van der Waals surface area contributed by atoms with Crippen LogP contribution in [-0.2, 0) is 13.0 Å². The third-order valence-electron chi connectivity index (χ3n) is 3.26. The summed E-state index contributed by atoms with van der Waals surface area (Å²) in [7, 11) is 2.16. The van der Waals surface area contributed by atoms with Crippen LogP contribution >= 0.6 is 0 Å². The molecule has 2 rings (SSSR count). The minimum atomic E-state index is 0.517. The highest BCUT2D eigenvalue weighted by atomic mass is 15.1. The first-order valence-electron chi connectivity index (χ1n) is 5.20. The number of rotatable bonds is 1. The molecule has 1 aliphatic rings. The summed E-state index contributed by atoms with van der Waals surface area (Å²) >= 11 is 0. The van der Waals surface area contributed by atoms with Crippen molar-refractivity contribution in [1.82, 2.24) is 4.90 Å². The Labute approximate surface area is 85.7 Å². The average Bonchev–Trinajstić information content (AvgIpc) is 2.17. The molecule has 1 aliphatic heterocycles. The number of aryl methyl sites for hydroxylation is 1. The first-order chi connectivity index (χ1) is 6.72. The summed E-state index contributed by atoms with van der Waals surface area (Å²) in [6.07, 6.45) is 1.11. The van der Waals surface area contributed by atoms with Crippen molar-refractivity contribution in [2.75, 3.05) is 13.6 Å². The number of nitrogens with two attached hydrogens (primary N) is 1. The van der Waals surface area contributed by atoms with Crippen molar-refractivity contribution >= 4 is 0 Å². The molecule has 0 aromatic heterocycles. The molecule has 1 heterocycles. The first kappa shape index (κ1) is 9.69. The largest absolute Gasteiger partial charge is 0.329 e. The van der Waals surface area contributed by atoms with Crippen molar-refractivity contribution in [3.05, 3.63) is 34.9 Å². The zero-order valence-electron chi connectivity index (χ0n) is 8.96. The Morgan fingerprint density at radius 1 is 1.50 bits per heavy atom. The highest BCUT2D eigenvalue weighted by Crippen LogP contribution is 2.24. The topological polar surface area (TPSA) is 29.3 Å². The van der Waals surface area contributed by atoms with Crippen molar-refractivity contribution in [1.29, 1.82) is 0 Å². The Hall–Kier alpha value is -0.860. The molecule has 2 nitrogen and oxygen atoms in total. The zero-order valence-corrected chi connectivity index (χ0v) is 8.96. The van der Waals surface area contributed by atoms with E-state index < -0.39 is 0 Å². The monoisotopic (exact) mass is 190 g/mol. The van der Waals surface area contributed by atoms with Gasteiger partial charge in [-0.15, -0.1) is 0 Å². The molecule has 0 saturated heterocycles. The Balaban J connectivity index is 2.36. The molecule has 0 fully saturated rings. The summed E-state index contributed by atoms with van der Waals surface area (Å²) in [6.45, 7) is 3.99. The average molecular weight is 190 g/mol. The van der Waals surface area contributed by atoms with Gasteiger partial charge in [0.15, 0.2) is 0 Å². The molecule has 0 radical (unpaired) electrons. The predicted molar refractivity (Wildman–Crippen MR) is 59.2 cm³/mol. The minimum absolute atomic E-state index is 0.517. The molecule has 0 amide bonds. The normalized spacial score (nSPS) is 22.1. The molecule has 2 heteroatoms. The molecule has 14 heavy (non-hydrogen) atoms. The maximum Gasteiger partial charge on any atom is 0.0259 e. The van der Waals surface area contributed by atoms with Crippen molar-refractivity contribution in [3.8, 4) is 0 Å². The fourth-order valence-electron chi connectivity index (χ4n) is 2.26. The van der Waals surface area contributed by atoms with Crippen LogP contribution < -0.4 is 5.73 Å². The maximum atomic E-state index is 5.76. The van der Waals surface area contributed by atoms with Crippen molar-refractivity contribution in [2.24, 2.45) is 5.73 Å². The maximum absolute atomic E-state index is 5.76. The van der Waals surface area contributed by atoms with Gasteiger partial charge in [-0.3, -0.25) is 4.90 Å². The second kappa shape index (κ2) is 3.71. The number of benzene rings is 1. The summed E-state index contributed by atoms with van der Waals surface area (Å²) in [4.78, 5) is 2.35. The van der Waals surface area contributed by atoms with Gasteiger partial charge in [-0.1, -0.05) is 18.2 Å². The Kier molecular flexibility index (Phi) is 2.57. The number of hydrogen-bond donors (Lipinski definition) is 1. The Morgan fingerprint density at radius 3 is 3.00 bits per heavy atom. The van der Waals surface area contributed by atoms with Gasteiger partial charge in [-0.25, -0.2) is 0 Å². The Morgan fingerprint density at radius 2 is 2.29 bits per heavy atom. The van der Waals surface area contributed by atoms with Gasteiger partial charge in [0, 0.05) is 19.1 Å². The minimum Gasteiger partial charge on any atom is -0.329 e. The molecule has 0 spiro atoms. The van der Waals surface area contributed by atoms with Crippen LogP contribution in [0.4, 0.5) is 0 Å². The van der Waals surface area contributed by atoms with Crippen LogP contribution in [0.2, 0.25) is 0 Å². The SMILES string of the molecule is Cc1cccc2c1C[C@@H](CN)N(C)C2. The summed E-state index contributed by atoms with van der Waals surface area (Å²) in [6, 6.07) is 7.08. The van der Waals surface area contributed by atoms with Crippen LogP contribution in [0.3, 0.4) is 0 Å². The fraction of sp³-hybridized carbons (Fsp3) is 0.500. The van der Waals surface area contributed by atoms with Crippen LogP contribution in [0.25, 0.3) is 0 Å². The van der Waals surface area contributed by atoms with Crippen molar-refractivity contribution in [3.63, 3.8) is 0 Å². The molecule has 0 unspecified atom stereocenters. The van der Waals surface area contributed by atoms with E-state index in [1.165, 1.54) is 16.7 Å². The summed E-state index contributed by atoms with van der Waals surface area (Å²) < 4.78 is 0. The van der Waals surface area contributed by atoms with Crippen molar-refractivity contribution in [2.45, 2.75) is 25.9 Å². The summed E-state index contributed by atoms with van der Waals surface area (Å²) in [5, 5.41) is 0.